The van der Waals surface area contributed by atoms with E-state index in [1.54, 1.807) is 18.5 Å². The fraction of sp³-hybridized carbons (Fsp3) is 0.478. The molecule has 1 spiro atoms. The zero-order chi connectivity index (χ0) is 21.5. The van der Waals surface area contributed by atoms with Gasteiger partial charge in [-0.25, -0.2) is 15.0 Å². The van der Waals surface area contributed by atoms with Crippen LogP contribution in [0.15, 0.2) is 43.0 Å². The lowest BCUT2D eigenvalue weighted by molar-refractivity contribution is -0.0107. The highest BCUT2D eigenvalue weighted by molar-refractivity contribution is 6.06. The molecule has 3 aliphatic heterocycles. The molecular weight excluding hydrogens is 406 g/mol. The first-order valence-corrected chi connectivity index (χ1v) is 11.3. The van der Waals surface area contributed by atoms with Crippen LogP contribution >= 0.6 is 0 Å². The third-order valence-electron chi connectivity index (χ3n) is 7.00. The number of carbonyl (C=O) groups is 1. The minimum absolute atomic E-state index is 0.0977. The fourth-order valence-electron chi connectivity index (χ4n) is 5.19. The molecule has 0 radical (unpaired) electrons. The smallest absolute Gasteiger partial charge is 0.256 e. The number of imidazole rings is 1. The normalized spacial score (nSPS) is 24.8. The molecule has 32 heavy (non-hydrogen) atoms. The number of aromatic nitrogens is 4. The molecule has 2 atom stereocenters. The van der Waals surface area contributed by atoms with Crippen LogP contribution in [0.3, 0.4) is 0 Å². The van der Waals surface area contributed by atoms with Crippen molar-refractivity contribution in [2.24, 2.45) is 5.41 Å². The molecule has 0 aliphatic carbocycles. The average molecular weight is 434 g/mol. The number of anilines is 1. The van der Waals surface area contributed by atoms with Crippen molar-refractivity contribution in [1.82, 2.24) is 29.7 Å². The maximum atomic E-state index is 12.6. The van der Waals surface area contributed by atoms with Crippen LogP contribution in [0.4, 0.5) is 5.82 Å². The van der Waals surface area contributed by atoms with Gasteiger partial charge in [0.2, 0.25) is 0 Å². The van der Waals surface area contributed by atoms with Gasteiger partial charge in [0.1, 0.15) is 12.6 Å². The van der Waals surface area contributed by atoms with E-state index in [4.69, 9.17) is 4.74 Å². The Kier molecular flexibility index (Phi) is 4.89. The predicted octanol–water partition coefficient (Wildman–Crippen LogP) is 2.05. The Morgan fingerprint density at radius 3 is 2.84 bits per heavy atom. The quantitative estimate of drug-likeness (QED) is 0.636. The maximum Gasteiger partial charge on any atom is 0.256 e. The average Bonchev–Trinajstić information content (AvgIpc) is 3.53. The molecule has 2 unspecified atom stereocenters. The molecule has 3 saturated heterocycles. The van der Waals surface area contributed by atoms with Crippen molar-refractivity contribution in [3.8, 4) is 0 Å². The second-order valence-corrected chi connectivity index (χ2v) is 9.25. The number of ether oxygens (including phenoxy) is 1. The van der Waals surface area contributed by atoms with E-state index < -0.39 is 0 Å². The van der Waals surface area contributed by atoms with Gasteiger partial charge in [-0.2, -0.15) is 0 Å². The van der Waals surface area contributed by atoms with Gasteiger partial charge in [-0.1, -0.05) is 18.2 Å². The molecule has 6 rings (SSSR count). The second kappa shape index (κ2) is 7.91. The number of amides is 1. The number of benzene rings is 1. The molecule has 1 aromatic carbocycles. The number of carbonyl (C=O) groups excluding carboxylic acids is 1. The minimum atomic E-state index is -0.220. The molecule has 0 saturated carbocycles. The van der Waals surface area contributed by atoms with Gasteiger partial charge >= 0.3 is 0 Å². The standard InChI is InChI=1S/C23H27N7O2/c31-22(16-4-2-1-3-5-16)28-20-19-21(26-14-25-20)30(15-27-19)18-7-6-17(32-18)10-29-9-8-23(13-29)11-24-12-23/h1-5,14-15,17-18,24H,6-13H2,(H,25,26,28,31). The van der Waals surface area contributed by atoms with Crippen LogP contribution in [0.25, 0.3) is 11.2 Å². The van der Waals surface area contributed by atoms with Gasteiger partial charge in [-0.15, -0.1) is 0 Å². The summed E-state index contributed by atoms with van der Waals surface area (Å²) in [5, 5.41) is 6.28. The Morgan fingerprint density at radius 2 is 2.06 bits per heavy atom. The van der Waals surface area contributed by atoms with Crippen molar-refractivity contribution in [3.05, 3.63) is 48.5 Å². The first-order valence-electron chi connectivity index (χ1n) is 11.3. The maximum absolute atomic E-state index is 12.6. The van der Waals surface area contributed by atoms with Gasteiger partial charge in [-0.3, -0.25) is 9.36 Å². The molecule has 5 heterocycles. The highest BCUT2D eigenvalue weighted by Crippen LogP contribution is 2.36. The summed E-state index contributed by atoms with van der Waals surface area (Å²) in [7, 11) is 0. The lowest BCUT2D eigenvalue weighted by Gasteiger charge is -2.39. The summed E-state index contributed by atoms with van der Waals surface area (Å²) >= 11 is 0. The zero-order valence-electron chi connectivity index (χ0n) is 17.9. The van der Waals surface area contributed by atoms with E-state index in [1.165, 1.54) is 19.3 Å². The Balaban J connectivity index is 1.14. The molecule has 3 aliphatic rings. The third kappa shape index (κ3) is 3.56. The van der Waals surface area contributed by atoms with Crippen LogP contribution in [0.2, 0.25) is 0 Å². The van der Waals surface area contributed by atoms with Crippen molar-refractivity contribution in [3.63, 3.8) is 0 Å². The topological polar surface area (TPSA) is 97.2 Å². The summed E-state index contributed by atoms with van der Waals surface area (Å²) in [5.74, 6) is 0.191. The Bertz CT molecular complexity index is 1130. The number of nitrogens with one attached hydrogen (secondary N) is 2. The summed E-state index contributed by atoms with van der Waals surface area (Å²) in [4.78, 5) is 28.3. The molecule has 2 N–H and O–H groups in total. The van der Waals surface area contributed by atoms with Crippen molar-refractivity contribution >= 4 is 22.9 Å². The Morgan fingerprint density at radius 1 is 1.19 bits per heavy atom. The molecule has 3 fully saturated rings. The van der Waals surface area contributed by atoms with E-state index in [-0.39, 0.29) is 18.2 Å². The van der Waals surface area contributed by atoms with E-state index in [0.717, 1.165) is 39.0 Å². The van der Waals surface area contributed by atoms with E-state index in [2.05, 4.69) is 30.5 Å². The second-order valence-electron chi connectivity index (χ2n) is 9.25. The lowest BCUT2D eigenvalue weighted by atomic mass is 9.81. The highest BCUT2D eigenvalue weighted by Gasteiger charge is 2.43. The van der Waals surface area contributed by atoms with Crippen molar-refractivity contribution in [1.29, 1.82) is 0 Å². The van der Waals surface area contributed by atoms with Crippen LogP contribution in [0.5, 0.6) is 0 Å². The Labute approximate surface area is 186 Å². The van der Waals surface area contributed by atoms with Crippen molar-refractivity contribution in [2.45, 2.75) is 31.6 Å². The molecule has 3 aromatic rings. The van der Waals surface area contributed by atoms with Crippen molar-refractivity contribution in [2.75, 3.05) is 38.0 Å². The number of fused-ring (bicyclic) bond motifs is 1. The van der Waals surface area contributed by atoms with Gasteiger partial charge in [0.25, 0.3) is 5.91 Å². The molecule has 9 nitrogen and oxygen atoms in total. The predicted molar refractivity (Wildman–Crippen MR) is 119 cm³/mol. The summed E-state index contributed by atoms with van der Waals surface area (Å²) in [5.41, 5.74) is 2.33. The van der Waals surface area contributed by atoms with Gasteiger partial charge < -0.3 is 20.3 Å². The van der Waals surface area contributed by atoms with Gasteiger partial charge in [0.05, 0.1) is 12.4 Å². The van der Waals surface area contributed by atoms with Crippen molar-refractivity contribution < 1.29 is 9.53 Å². The number of likely N-dealkylation sites (tertiary alicyclic amines) is 1. The van der Waals surface area contributed by atoms with E-state index >= 15 is 0 Å². The molecule has 1 amide bonds. The van der Waals surface area contributed by atoms with Gasteiger partial charge in [0.15, 0.2) is 17.0 Å². The summed E-state index contributed by atoms with van der Waals surface area (Å²) in [6.07, 6.45) is 6.57. The van der Waals surface area contributed by atoms with Crippen LogP contribution in [-0.2, 0) is 4.74 Å². The van der Waals surface area contributed by atoms with Gasteiger partial charge in [0, 0.05) is 37.2 Å². The molecule has 2 aromatic heterocycles. The van der Waals surface area contributed by atoms with E-state index in [9.17, 15) is 4.79 Å². The molecular formula is C23H27N7O2. The van der Waals surface area contributed by atoms with Crippen LogP contribution in [0, 0.1) is 5.41 Å². The zero-order valence-corrected chi connectivity index (χ0v) is 17.9. The fourth-order valence-corrected chi connectivity index (χ4v) is 5.19. The lowest BCUT2D eigenvalue weighted by Crippen LogP contribution is -2.54. The van der Waals surface area contributed by atoms with Crippen LogP contribution in [-0.4, -0.2) is 69.2 Å². The Hall–Kier alpha value is -2.88. The minimum Gasteiger partial charge on any atom is -0.353 e. The highest BCUT2D eigenvalue weighted by atomic mass is 16.5. The summed E-state index contributed by atoms with van der Waals surface area (Å²) < 4.78 is 8.37. The number of nitrogens with zero attached hydrogens (tertiary/aromatic N) is 5. The third-order valence-corrected chi connectivity index (χ3v) is 7.00. The molecule has 9 heteroatoms. The monoisotopic (exact) mass is 433 g/mol. The number of hydrogen-bond acceptors (Lipinski definition) is 7. The largest absolute Gasteiger partial charge is 0.353 e. The summed E-state index contributed by atoms with van der Waals surface area (Å²) in [6.45, 7) is 5.63. The van der Waals surface area contributed by atoms with Crippen LogP contribution in [0.1, 0.15) is 35.8 Å². The molecule has 166 valence electrons. The molecule has 0 bridgehead atoms. The SMILES string of the molecule is O=C(Nc1ncnc2c1ncn2C1CCC(CN2CCC3(CNC3)C2)O1)c1ccccc1. The summed E-state index contributed by atoms with van der Waals surface area (Å²) in [6, 6.07) is 9.07. The van der Waals surface area contributed by atoms with E-state index in [0.29, 0.717) is 28.0 Å². The first kappa shape index (κ1) is 19.8. The van der Waals surface area contributed by atoms with Gasteiger partial charge in [-0.05, 0) is 37.9 Å². The first-order chi connectivity index (χ1) is 15.7. The number of rotatable bonds is 5. The van der Waals surface area contributed by atoms with Crippen LogP contribution < -0.4 is 10.6 Å². The number of hydrogen-bond donors (Lipinski definition) is 2. The van der Waals surface area contributed by atoms with E-state index in [1.807, 2.05) is 22.8 Å².